The van der Waals surface area contributed by atoms with E-state index < -0.39 is 0 Å². The van der Waals surface area contributed by atoms with Gasteiger partial charge in [0.25, 0.3) is 0 Å². The van der Waals surface area contributed by atoms with Crippen LogP contribution in [-0.4, -0.2) is 13.2 Å². The van der Waals surface area contributed by atoms with Gasteiger partial charge in [-0.05, 0) is 42.5 Å². The fourth-order valence-corrected chi connectivity index (χ4v) is 3.23. The van der Waals surface area contributed by atoms with Gasteiger partial charge >= 0.3 is 0 Å². The average molecular weight is 283 g/mol. The molecule has 4 heteroatoms. The Bertz CT molecular complexity index is 405. The first kappa shape index (κ1) is 14.6. The third-order valence-electron chi connectivity index (χ3n) is 4.04. The van der Waals surface area contributed by atoms with Crippen LogP contribution < -0.4 is 16.0 Å². The molecule has 19 heavy (non-hydrogen) atoms. The molecule has 1 aliphatic rings. The molecule has 1 aromatic rings. The Kier molecular flexibility index (Phi) is 5.49. The molecule has 0 heterocycles. The maximum Gasteiger partial charge on any atom is 0.122 e. The van der Waals surface area contributed by atoms with E-state index in [-0.39, 0.29) is 6.04 Å². The Labute approximate surface area is 120 Å². The van der Waals surface area contributed by atoms with E-state index in [0.29, 0.717) is 0 Å². The third-order valence-corrected chi connectivity index (χ3v) is 4.27. The molecule has 2 rings (SSSR count). The molecule has 3 N–H and O–H groups in total. The Morgan fingerprint density at radius 2 is 2.16 bits per heavy atom. The van der Waals surface area contributed by atoms with Crippen LogP contribution >= 0.6 is 11.6 Å². The first-order valence-electron chi connectivity index (χ1n) is 7.01. The van der Waals surface area contributed by atoms with Crippen LogP contribution in [0.2, 0.25) is 5.02 Å². The quantitative estimate of drug-likeness (QED) is 0.622. The summed E-state index contributed by atoms with van der Waals surface area (Å²) in [6.45, 7) is 0. The maximum atomic E-state index is 6.06. The van der Waals surface area contributed by atoms with E-state index >= 15 is 0 Å². The number of rotatable bonds is 6. The fraction of sp³-hybridized carbons (Fsp3) is 0.600. The minimum Gasteiger partial charge on any atom is -0.496 e. The summed E-state index contributed by atoms with van der Waals surface area (Å²) in [5, 5.41) is 0.743. The summed E-state index contributed by atoms with van der Waals surface area (Å²) in [6, 6.07) is 6.03. The molecular formula is C15H23ClN2O. The molecule has 1 atom stereocenters. The van der Waals surface area contributed by atoms with Crippen molar-refractivity contribution in [3.8, 4) is 5.75 Å². The molecule has 1 aliphatic carbocycles. The van der Waals surface area contributed by atoms with Gasteiger partial charge < -0.3 is 4.74 Å². The topological polar surface area (TPSA) is 47.3 Å². The van der Waals surface area contributed by atoms with E-state index in [1.807, 2.05) is 18.2 Å². The van der Waals surface area contributed by atoms with Gasteiger partial charge in [0.15, 0.2) is 0 Å². The predicted molar refractivity (Wildman–Crippen MR) is 79.4 cm³/mol. The zero-order valence-electron chi connectivity index (χ0n) is 11.5. The summed E-state index contributed by atoms with van der Waals surface area (Å²) in [5.74, 6) is 7.40. The lowest BCUT2D eigenvalue weighted by atomic mass is 9.94. The average Bonchev–Trinajstić information content (AvgIpc) is 2.91. The van der Waals surface area contributed by atoms with Gasteiger partial charge in [0.05, 0.1) is 7.11 Å². The van der Waals surface area contributed by atoms with Crippen molar-refractivity contribution in [1.82, 2.24) is 5.43 Å². The molecule has 1 saturated carbocycles. The molecule has 106 valence electrons. The molecule has 0 saturated heterocycles. The number of halogens is 1. The maximum absolute atomic E-state index is 6.06. The Hall–Kier alpha value is -0.770. The number of hydrogen-bond donors (Lipinski definition) is 2. The van der Waals surface area contributed by atoms with Crippen molar-refractivity contribution >= 4 is 11.6 Å². The lowest BCUT2D eigenvalue weighted by Crippen LogP contribution is -2.38. The summed E-state index contributed by atoms with van der Waals surface area (Å²) >= 11 is 6.06. The van der Waals surface area contributed by atoms with Gasteiger partial charge in [-0.15, -0.1) is 0 Å². The van der Waals surface area contributed by atoms with Crippen LogP contribution in [0.15, 0.2) is 18.2 Å². The highest BCUT2D eigenvalue weighted by atomic mass is 35.5. The number of nitrogens with one attached hydrogen (secondary N) is 1. The normalized spacial score (nSPS) is 17.6. The summed E-state index contributed by atoms with van der Waals surface area (Å²) in [6.07, 6.45) is 7.39. The molecule has 0 aliphatic heterocycles. The van der Waals surface area contributed by atoms with E-state index in [2.05, 4.69) is 5.43 Å². The van der Waals surface area contributed by atoms with E-state index in [9.17, 15) is 0 Å². The summed E-state index contributed by atoms with van der Waals surface area (Å²) in [5.41, 5.74) is 4.07. The number of hydrogen-bond acceptors (Lipinski definition) is 3. The standard InChI is InChI=1S/C15H23ClN2O/c1-19-15-7-6-13(16)9-12(15)10-14(18-17)8-11-4-2-3-5-11/h6-7,9,11,14,18H,2-5,8,10,17H2,1H3. The minimum absolute atomic E-state index is 0.287. The second-order valence-electron chi connectivity index (χ2n) is 5.41. The smallest absolute Gasteiger partial charge is 0.122 e. The molecular weight excluding hydrogens is 260 g/mol. The van der Waals surface area contributed by atoms with Crippen molar-refractivity contribution < 1.29 is 4.74 Å². The highest BCUT2D eigenvalue weighted by Gasteiger charge is 2.20. The van der Waals surface area contributed by atoms with Gasteiger partial charge in [-0.2, -0.15) is 0 Å². The SMILES string of the molecule is COc1ccc(Cl)cc1CC(CC1CCCC1)NN. The third kappa shape index (κ3) is 4.10. The molecule has 0 radical (unpaired) electrons. The molecule has 0 bridgehead atoms. The van der Waals surface area contributed by atoms with Gasteiger partial charge in [0.1, 0.15) is 5.75 Å². The zero-order chi connectivity index (χ0) is 13.7. The van der Waals surface area contributed by atoms with Crippen molar-refractivity contribution in [3.63, 3.8) is 0 Å². The highest BCUT2D eigenvalue weighted by Crippen LogP contribution is 2.30. The first-order valence-corrected chi connectivity index (χ1v) is 7.39. The summed E-state index contributed by atoms with van der Waals surface area (Å²) in [7, 11) is 1.69. The van der Waals surface area contributed by atoms with Crippen LogP contribution in [0.3, 0.4) is 0 Å². The molecule has 0 aromatic heterocycles. The molecule has 0 spiro atoms. The molecule has 3 nitrogen and oxygen atoms in total. The lowest BCUT2D eigenvalue weighted by molar-refractivity contribution is 0.376. The summed E-state index contributed by atoms with van der Waals surface area (Å²) in [4.78, 5) is 0. The Morgan fingerprint density at radius 3 is 2.79 bits per heavy atom. The van der Waals surface area contributed by atoms with Gasteiger partial charge in [-0.3, -0.25) is 11.3 Å². The molecule has 1 unspecified atom stereocenters. The Morgan fingerprint density at radius 1 is 1.42 bits per heavy atom. The molecule has 1 aromatic carbocycles. The first-order chi connectivity index (χ1) is 9.22. The minimum atomic E-state index is 0.287. The predicted octanol–water partition coefficient (Wildman–Crippen LogP) is 3.30. The van der Waals surface area contributed by atoms with E-state index in [4.69, 9.17) is 22.2 Å². The van der Waals surface area contributed by atoms with Gasteiger partial charge in [0.2, 0.25) is 0 Å². The largest absolute Gasteiger partial charge is 0.496 e. The van der Waals surface area contributed by atoms with Gasteiger partial charge in [-0.25, -0.2) is 0 Å². The van der Waals surface area contributed by atoms with Crippen molar-refractivity contribution in [1.29, 1.82) is 0 Å². The second-order valence-corrected chi connectivity index (χ2v) is 5.85. The van der Waals surface area contributed by atoms with Crippen molar-refractivity contribution in [3.05, 3.63) is 28.8 Å². The van der Waals surface area contributed by atoms with E-state index in [1.54, 1.807) is 7.11 Å². The monoisotopic (exact) mass is 282 g/mol. The van der Waals surface area contributed by atoms with Gasteiger partial charge in [0, 0.05) is 11.1 Å². The van der Waals surface area contributed by atoms with Crippen LogP contribution in [0.1, 0.15) is 37.7 Å². The van der Waals surface area contributed by atoms with Crippen LogP contribution in [0, 0.1) is 5.92 Å². The Balaban J connectivity index is 2.02. The highest BCUT2D eigenvalue weighted by molar-refractivity contribution is 6.30. The summed E-state index contributed by atoms with van der Waals surface area (Å²) < 4.78 is 5.39. The van der Waals surface area contributed by atoms with E-state index in [0.717, 1.165) is 35.1 Å². The van der Waals surface area contributed by atoms with Crippen molar-refractivity contribution in [2.75, 3.05) is 7.11 Å². The lowest BCUT2D eigenvalue weighted by Gasteiger charge is -2.21. The van der Waals surface area contributed by atoms with Crippen LogP contribution in [0.5, 0.6) is 5.75 Å². The van der Waals surface area contributed by atoms with Crippen molar-refractivity contribution in [2.45, 2.75) is 44.6 Å². The number of hydrazine groups is 1. The number of nitrogens with two attached hydrogens (primary N) is 1. The molecule has 1 fully saturated rings. The van der Waals surface area contributed by atoms with Crippen LogP contribution in [0.4, 0.5) is 0 Å². The number of ether oxygens (including phenoxy) is 1. The van der Waals surface area contributed by atoms with Crippen LogP contribution in [-0.2, 0) is 6.42 Å². The van der Waals surface area contributed by atoms with E-state index in [1.165, 1.54) is 25.7 Å². The number of benzene rings is 1. The van der Waals surface area contributed by atoms with Crippen LogP contribution in [0.25, 0.3) is 0 Å². The molecule has 0 amide bonds. The number of methoxy groups -OCH3 is 1. The van der Waals surface area contributed by atoms with Gasteiger partial charge in [-0.1, -0.05) is 37.3 Å². The van der Waals surface area contributed by atoms with Crippen molar-refractivity contribution in [2.24, 2.45) is 11.8 Å². The zero-order valence-corrected chi connectivity index (χ0v) is 12.2. The fourth-order valence-electron chi connectivity index (χ4n) is 3.03. The second kappa shape index (κ2) is 7.13.